The first-order valence-corrected chi connectivity index (χ1v) is 4.66. The van der Waals surface area contributed by atoms with Crippen molar-refractivity contribution in [3.63, 3.8) is 0 Å². The lowest BCUT2D eigenvalue weighted by molar-refractivity contribution is 0.144. The van der Waals surface area contributed by atoms with Crippen LogP contribution in [0.1, 0.15) is 40.5 Å². The molecule has 0 amide bonds. The van der Waals surface area contributed by atoms with Crippen molar-refractivity contribution >= 4 is 0 Å². The van der Waals surface area contributed by atoms with Gasteiger partial charge in [-0.15, -0.1) is 0 Å². The van der Waals surface area contributed by atoms with Gasteiger partial charge >= 0.3 is 0 Å². The van der Waals surface area contributed by atoms with Gasteiger partial charge in [-0.2, -0.15) is 5.43 Å². The van der Waals surface area contributed by atoms with Crippen molar-refractivity contribution in [1.29, 1.82) is 0 Å². The highest BCUT2D eigenvalue weighted by atomic mass is 15.5. The molecule has 0 aliphatic heterocycles. The van der Waals surface area contributed by atoms with Crippen molar-refractivity contribution in [2.45, 2.75) is 46.6 Å². The average Bonchev–Trinajstić information content (AvgIpc) is 1.97. The second-order valence-electron chi connectivity index (χ2n) is 3.07. The van der Waals surface area contributed by atoms with Crippen LogP contribution in [0, 0.1) is 0 Å². The van der Waals surface area contributed by atoms with Crippen LogP contribution in [-0.2, 0) is 0 Å². The molecule has 0 saturated carbocycles. The monoisotopic (exact) mass is 157 g/mol. The Balaban J connectivity index is 3.36. The Morgan fingerprint density at radius 1 is 1.27 bits per heavy atom. The van der Waals surface area contributed by atoms with Crippen LogP contribution in [0.2, 0.25) is 0 Å². The molecule has 1 radical (unpaired) electrons. The molecule has 0 saturated heterocycles. The summed E-state index contributed by atoms with van der Waals surface area (Å²) in [6.07, 6.45) is 2.45. The topological polar surface area (TPSA) is 17.3 Å². The summed E-state index contributed by atoms with van der Waals surface area (Å²) in [4.78, 5) is 0. The summed E-state index contributed by atoms with van der Waals surface area (Å²) < 4.78 is 0. The molecule has 2 nitrogen and oxygen atoms in total. The standard InChI is InChI=1S/C9H21N2/c1-5-7-8-10-11(6-2)9(3)4/h9H,5-8H2,1-4H3. The van der Waals surface area contributed by atoms with E-state index < -0.39 is 0 Å². The summed E-state index contributed by atoms with van der Waals surface area (Å²) in [6.45, 7) is 10.7. The van der Waals surface area contributed by atoms with Gasteiger partial charge in [-0.25, -0.2) is 5.01 Å². The molecule has 0 aromatic heterocycles. The van der Waals surface area contributed by atoms with Crippen LogP contribution < -0.4 is 5.43 Å². The fourth-order valence-electron chi connectivity index (χ4n) is 0.986. The van der Waals surface area contributed by atoms with E-state index in [1.165, 1.54) is 12.8 Å². The molecule has 2 heteroatoms. The van der Waals surface area contributed by atoms with E-state index >= 15 is 0 Å². The third-order valence-corrected chi connectivity index (χ3v) is 1.71. The van der Waals surface area contributed by atoms with Gasteiger partial charge < -0.3 is 0 Å². The molecule has 0 rings (SSSR count). The summed E-state index contributed by atoms with van der Waals surface area (Å²) in [5.74, 6) is 0. The van der Waals surface area contributed by atoms with E-state index in [2.05, 4.69) is 38.1 Å². The second kappa shape index (κ2) is 6.62. The van der Waals surface area contributed by atoms with Gasteiger partial charge in [-0.3, -0.25) is 0 Å². The van der Waals surface area contributed by atoms with Crippen LogP contribution in [0.25, 0.3) is 0 Å². The SMILES string of the molecule is CCCC[N]N(CC)C(C)C. The molecule has 0 atom stereocenters. The summed E-state index contributed by atoms with van der Waals surface area (Å²) in [5.41, 5.74) is 4.46. The lowest BCUT2D eigenvalue weighted by Gasteiger charge is -2.23. The summed E-state index contributed by atoms with van der Waals surface area (Å²) in [6, 6.07) is 0.553. The van der Waals surface area contributed by atoms with Crippen molar-refractivity contribution < 1.29 is 0 Å². The van der Waals surface area contributed by atoms with Crippen molar-refractivity contribution in [2.24, 2.45) is 0 Å². The smallest absolute Gasteiger partial charge is 0.0306 e. The quantitative estimate of drug-likeness (QED) is 0.426. The van der Waals surface area contributed by atoms with Crippen molar-refractivity contribution in [2.75, 3.05) is 13.1 Å². The molecule has 0 aromatic carbocycles. The fourth-order valence-corrected chi connectivity index (χ4v) is 0.986. The van der Waals surface area contributed by atoms with E-state index in [0.29, 0.717) is 6.04 Å². The molecule has 0 aromatic rings. The second-order valence-corrected chi connectivity index (χ2v) is 3.07. The lowest BCUT2D eigenvalue weighted by atomic mass is 10.3. The molecule has 0 aliphatic rings. The van der Waals surface area contributed by atoms with Crippen molar-refractivity contribution in [3.8, 4) is 0 Å². The first-order chi connectivity index (χ1) is 5.22. The zero-order valence-corrected chi connectivity index (χ0v) is 8.30. The third kappa shape index (κ3) is 5.22. The molecular formula is C9H21N2. The van der Waals surface area contributed by atoms with Crippen LogP contribution in [0.5, 0.6) is 0 Å². The minimum Gasteiger partial charge on any atom is -0.225 e. The van der Waals surface area contributed by atoms with Crippen molar-refractivity contribution in [1.82, 2.24) is 10.4 Å². The van der Waals surface area contributed by atoms with Gasteiger partial charge in [-0.1, -0.05) is 20.3 Å². The van der Waals surface area contributed by atoms with Crippen LogP contribution in [0.4, 0.5) is 0 Å². The Labute approximate surface area is 70.9 Å². The molecular weight excluding hydrogens is 136 g/mol. The van der Waals surface area contributed by atoms with E-state index in [0.717, 1.165) is 13.1 Å². The zero-order chi connectivity index (χ0) is 8.69. The summed E-state index contributed by atoms with van der Waals surface area (Å²) >= 11 is 0. The molecule has 0 N–H and O–H groups in total. The number of hydrogen-bond donors (Lipinski definition) is 0. The Bertz CT molecular complexity index is 81.6. The number of unbranched alkanes of at least 4 members (excludes halogenated alkanes) is 1. The lowest BCUT2D eigenvalue weighted by Crippen LogP contribution is -2.37. The number of nitrogens with zero attached hydrogens (tertiary/aromatic N) is 2. The Morgan fingerprint density at radius 3 is 2.27 bits per heavy atom. The first-order valence-electron chi connectivity index (χ1n) is 4.66. The molecule has 0 heterocycles. The zero-order valence-electron chi connectivity index (χ0n) is 8.30. The Hall–Kier alpha value is -0.0800. The molecule has 11 heavy (non-hydrogen) atoms. The molecule has 0 spiro atoms. The third-order valence-electron chi connectivity index (χ3n) is 1.71. The van der Waals surface area contributed by atoms with Crippen molar-refractivity contribution in [3.05, 3.63) is 0 Å². The van der Waals surface area contributed by atoms with Gasteiger partial charge in [0.2, 0.25) is 0 Å². The minimum absolute atomic E-state index is 0.553. The highest BCUT2D eigenvalue weighted by molar-refractivity contribution is 4.54. The maximum Gasteiger partial charge on any atom is 0.0306 e. The number of hydrogen-bond acceptors (Lipinski definition) is 1. The van der Waals surface area contributed by atoms with Gasteiger partial charge in [0.05, 0.1) is 0 Å². The maximum absolute atomic E-state index is 4.46. The molecule has 0 unspecified atom stereocenters. The van der Waals surface area contributed by atoms with Crippen LogP contribution in [-0.4, -0.2) is 24.1 Å². The van der Waals surface area contributed by atoms with Gasteiger partial charge in [0.15, 0.2) is 0 Å². The predicted octanol–water partition coefficient (Wildman–Crippen LogP) is 2.04. The summed E-state index contributed by atoms with van der Waals surface area (Å²) in [5, 5.41) is 2.15. The fraction of sp³-hybridized carbons (Fsp3) is 1.00. The van der Waals surface area contributed by atoms with Crippen LogP contribution in [0.3, 0.4) is 0 Å². The van der Waals surface area contributed by atoms with E-state index in [1.54, 1.807) is 0 Å². The maximum atomic E-state index is 4.46. The Morgan fingerprint density at radius 2 is 1.91 bits per heavy atom. The van der Waals surface area contributed by atoms with Gasteiger partial charge in [-0.05, 0) is 20.3 Å². The highest BCUT2D eigenvalue weighted by Crippen LogP contribution is 1.94. The summed E-state index contributed by atoms with van der Waals surface area (Å²) in [7, 11) is 0. The number of rotatable bonds is 6. The van der Waals surface area contributed by atoms with E-state index in [1.807, 2.05) is 0 Å². The normalized spacial score (nSPS) is 11.5. The van der Waals surface area contributed by atoms with E-state index in [4.69, 9.17) is 0 Å². The highest BCUT2D eigenvalue weighted by Gasteiger charge is 2.05. The first kappa shape index (κ1) is 10.9. The molecule has 0 fully saturated rings. The van der Waals surface area contributed by atoms with E-state index in [-0.39, 0.29) is 0 Å². The average molecular weight is 157 g/mol. The largest absolute Gasteiger partial charge is 0.225 e. The minimum atomic E-state index is 0.553. The molecule has 0 aliphatic carbocycles. The molecule has 0 bridgehead atoms. The van der Waals surface area contributed by atoms with Gasteiger partial charge in [0, 0.05) is 19.1 Å². The van der Waals surface area contributed by atoms with Crippen LogP contribution >= 0.6 is 0 Å². The predicted molar refractivity (Wildman–Crippen MR) is 49.4 cm³/mol. The van der Waals surface area contributed by atoms with Gasteiger partial charge in [0.1, 0.15) is 0 Å². The van der Waals surface area contributed by atoms with Crippen LogP contribution in [0.15, 0.2) is 0 Å². The Kier molecular flexibility index (Phi) is 6.57. The van der Waals surface area contributed by atoms with E-state index in [9.17, 15) is 0 Å². The van der Waals surface area contributed by atoms with Gasteiger partial charge in [0.25, 0.3) is 0 Å². The molecule has 67 valence electrons.